The molecule has 0 unspecified atom stereocenters. The van der Waals surface area contributed by atoms with Crippen molar-refractivity contribution in [2.45, 2.75) is 20.8 Å². The minimum Gasteiger partial charge on any atom is -0.481 e. The van der Waals surface area contributed by atoms with E-state index in [1.54, 1.807) is 31.5 Å². The summed E-state index contributed by atoms with van der Waals surface area (Å²) >= 11 is 0. The number of aromatic nitrogens is 2. The van der Waals surface area contributed by atoms with Crippen LogP contribution < -0.4 is 9.57 Å². The number of ether oxygens (including phenoxy) is 1. The number of fused-ring (bicyclic) bond motifs is 1. The average molecular weight is 248 g/mol. The van der Waals surface area contributed by atoms with E-state index in [0.717, 1.165) is 11.0 Å². The molecule has 5 nitrogen and oxygen atoms in total. The summed E-state index contributed by atoms with van der Waals surface area (Å²) < 4.78 is 6.46. The van der Waals surface area contributed by atoms with Gasteiger partial charge in [-0.2, -0.15) is 4.73 Å². The minimum absolute atomic E-state index is 0.296. The Morgan fingerprint density at radius 2 is 2.00 bits per heavy atom. The van der Waals surface area contributed by atoms with Crippen LogP contribution in [-0.2, 0) is 4.79 Å². The highest BCUT2D eigenvalue weighted by molar-refractivity contribution is 5.79. The Morgan fingerprint density at radius 3 is 2.61 bits per heavy atom. The SMILES string of the molecule is COc1ccc2c(ccn2OC(=O)C(C)(C)C)n1. The third-order valence-electron chi connectivity index (χ3n) is 2.48. The van der Waals surface area contributed by atoms with Gasteiger partial charge < -0.3 is 9.57 Å². The fourth-order valence-electron chi connectivity index (χ4n) is 1.40. The maximum Gasteiger partial charge on any atom is 0.338 e. The molecule has 18 heavy (non-hydrogen) atoms. The van der Waals surface area contributed by atoms with Gasteiger partial charge in [-0.3, -0.25) is 0 Å². The van der Waals surface area contributed by atoms with E-state index >= 15 is 0 Å². The van der Waals surface area contributed by atoms with Crippen LogP contribution in [0.1, 0.15) is 20.8 Å². The van der Waals surface area contributed by atoms with Crippen LogP contribution >= 0.6 is 0 Å². The maximum atomic E-state index is 11.8. The van der Waals surface area contributed by atoms with Crippen LogP contribution in [0, 0.1) is 5.41 Å². The molecule has 2 rings (SSSR count). The van der Waals surface area contributed by atoms with Crippen molar-refractivity contribution in [2.75, 3.05) is 7.11 Å². The van der Waals surface area contributed by atoms with Gasteiger partial charge in [-0.25, -0.2) is 9.78 Å². The standard InChI is InChI=1S/C13H16N2O3/c1-13(2,3)12(16)18-15-8-7-9-10(15)5-6-11(14-9)17-4/h5-8H,1-4H3. The fraction of sp³-hybridized carbons (Fsp3) is 0.385. The summed E-state index contributed by atoms with van der Waals surface area (Å²) in [7, 11) is 1.56. The van der Waals surface area contributed by atoms with Gasteiger partial charge in [0.25, 0.3) is 0 Å². The molecule has 0 saturated heterocycles. The average Bonchev–Trinajstić information content (AvgIpc) is 2.70. The van der Waals surface area contributed by atoms with Gasteiger partial charge in [-0.05, 0) is 32.9 Å². The third-order valence-corrected chi connectivity index (χ3v) is 2.48. The number of hydrogen-bond acceptors (Lipinski definition) is 4. The highest BCUT2D eigenvalue weighted by Gasteiger charge is 2.24. The van der Waals surface area contributed by atoms with E-state index in [1.165, 1.54) is 4.73 Å². The molecule has 2 aromatic heterocycles. The second-order valence-corrected chi connectivity index (χ2v) is 5.03. The minimum atomic E-state index is -0.545. The summed E-state index contributed by atoms with van der Waals surface area (Å²) in [6.07, 6.45) is 1.67. The lowest BCUT2D eigenvalue weighted by Crippen LogP contribution is -2.30. The third kappa shape index (κ3) is 2.30. The molecule has 2 heterocycles. The van der Waals surface area contributed by atoms with Crippen molar-refractivity contribution >= 4 is 17.0 Å². The molecule has 0 aliphatic rings. The molecule has 0 aliphatic heterocycles. The van der Waals surface area contributed by atoms with Crippen LogP contribution in [0.5, 0.6) is 5.88 Å². The molecular formula is C13H16N2O3. The van der Waals surface area contributed by atoms with Gasteiger partial charge in [-0.15, -0.1) is 0 Å². The number of carbonyl (C=O) groups is 1. The Balaban J connectivity index is 2.33. The van der Waals surface area contributed by atoms with Crippen LogP contribution in [-0.4, -0.2) is 22.8 Å². The van der Waals surface area contributed by atoms with Crippen LogP contribution in [0.25, 0.3) is 11.0 Å². The molecule has 0 fully saturated rings. The van der Waals surface area contributed by atoms with E-state index in [9.17, 15) is 4.79 Å². The molecule has 0 bridgehead atoms. The summed E-state index contributed by atoms with van der Waals surface area (Å²) in [5.74, 6) is 0.234. The van der Waals surface area contributed by atoms with Crippen molar-refractivity contribution in [3.63, 3.8) is 0 Å². The largest absolute Gasteiger partial charge is 0.481 e. The second-order valence-electron chi connectivity index (χ2n) is 5.03. The number of pyridine rings is 1. The van der Waals surface area contributed by atoms with Crippen molar-refractivity contribution in [2.24, 2.45) is 5.41 Å². The Labute approximate surface area is 105 Å². The number of carbonyl (C=O) groups excluding carboxylic acids is 1. The lowest BCUT2D eigenvalue weighted by atomic mass is 9.98. The van der Waals surface area contributed by atoms with Gasteiger partial charge in [0.15, 0.2) is 0 Å². The summed E-state index contributed by atoms with van der Waals surface area (Å²) in [4.78, 5) is 21.4. The van der Waals surface area contributed by atoms with Crippen molar-refractivity contribution in [3.05, 3.63) is 24.4 Å². The highest BCUT2D eigenvalue weighted by atomic mass is 16.7. The molecule has 2 aromatic rings. The molecule has 0 aromatic carbocycles. The van der Waals surface area contributed by atoms with Crippen LogP contribution in [0.3, 0.4) is 0 Å². The molecule has 0 atom stereocenters. The first-order valence-electron chi connectivity index (χ1n) is 5.66. The first kappa shape index (κ1) is 12.4. The maximum absolute atomic E-state index is 11.8. The van der Waals surface area contributed by atoms with Crippen molar-refractivity contribution in [1.29, 1.82) is 0 Å². The Kier molecular flexibility index (Phi) is 2.98. The fourth-order valence-corrected chi connectivity index (χ4v) is 1.40. The number of rotatable bonds is 2. The normalized spacial score (nSPS) is 11.6. The molecule has 0 aliphatic carbocycles. The second kappa shape index (κ2) is 4.33. The summed E-state index contributed by atoms with van der Waals surface area (Å²) in [6.45, 7) is 5.42. The topological polar surface area (TPSA) is 53.4 Å². The zero-order valence-corrected chi connectivity index (χ0v) is 10.9. The van der Waals surface area contributed by atoms with Crippen molar-refractivity contribution in [1.82, 2.24) is 9.71 Å². The molecule has 0 radical (unpaired) electrons. The molecule has 96 valence electrons. The Hall–Kier alpha value is -2.04. The van der Waals surface area contributed by atoms with Crippen molar-refractivity contribution in [3.8, 4) is 5.88 Å². The summed E-state index contributed by atoms with van der Waals surface area (Å²) in [5.41, 5.74) is 0.903. The van der Waals surface area contributed by atoms with Gasteiger partial charge >= 0.3 is 5.97 Å². The quantitative estimate of drug-likeness (QED) is 0.816. The van der Waals surface area contributed by atoms with E-state index in [-0.39, 0.29) is 5.97 Å². The molecular weight excluding hydrogens is 232 g/mol. The van der Waals surface area contributed by atoms with E-state index in [4.69, 9.17) is 9.57 Å². The van der Waals surface area contributed by atoms with Crippen molar-refractivity contribution < 1.29 is 14.4 Å². The zero-order valence-electron chi connectivity index (χ0n) is 10.9. The van der Waals surface area contributed by atoms with Gasteiger partial charge in [-0.1, -0.05) is 0 Å². The lowest BCUT2D eigenvalue weighted by Gasteiger charge is -2.16. The molecule has 5 heteroatoms. The number of hydrogen-bond donors (Lipinski definition) is 0. The lowest BCUT2D eigenvalue weighted by molar-refractivity contribution is -0.152. The zero-order chi connectivity index (χ0) is 13.3. The molecule has 0 N–H and O–H groups in total. The first-order chi connectivity index (χ1) is 8.41. The molecule has 0 amide bonds. The highest BCUT2D eigenvalue weighted by Crippen LogP contribution is 2.19. The van der Waals surface area contributed by atoms with E-state index < -0.39 is 5.41 Å². The molecule has 0 spiro atoms. The first-order valence-corrected chi connectivity index (χ1v) is 5.66. The van der Waals surface area contributed by atoms with Crippen LogP contribution in [0.4, 0.5) is 0 Å². The smallest absolute Gasteiger partial charge is 0.338 e. The summed E-state index contributed by atoms with van der Waals surface area (Å²) in [6, 6.07) is 5.30. The van der Waals surface area contributed by atoms with Gasteiger partial charge in [0.05, 0.1) is 18.0 Å². The number of nitrogens with zero attached hydrogens (tertiary/aromatic N) is 2. The van der Waals surface area contributed by atoms with Gasteiger partial charge in [0, 0.05) is 12.3 Å². The Bertz CT molecular complexity index is 581. The predicted molar refractivity (Wildman–Crippen MR) is 67.3 cm³/mol. The van der Waals surface area contributed by atoms with Crippen LogP contribution in [0.2, 0.25) is 0 Å². The van der Waals surface area contributed by atoms with E-state index in [0.29, 0.717) is 5.88 Å². The number of methoxy groups -OCH3 is 1. The summed E-state index contributed by atoms with van der Waals surface area (Å²) in [5, 5.41) is 0. The van der Waals surface area contributed by atoms with Gasteiger partial charge in [0.1, 0.15) is 5.52 Å². The van der Waals surface area contributed by atoms with E-state index in [2.05, 4.69) is 4.98 Å². The van der Waals surface area contributed by atoms with E-state index in [1.807, 2.05) is 20.8 Å². The molecule has 0 saturated carbocycles. The van der Waals surface area contributed by atoms with Gasteiger partial charge in [0.2, 0.25) is 5.88 Å². The Morgan fingerprint density at radius 1 is 1.28 bits per heavy atom. The predicted octanol–water partition coefficient (Wildman–Crippen LogP) is 2.05. The van der Waals surface area contributed by atoms with Crippen LogP contribution in [0.15, 0.2) is 24.4 Å². The monoisotopic (exact) mass is 248 g/mol.